The van der Waals surface area contributed by atoms with Gasteiger partial charge in [0, 0.05) is 10.6 Å². The van der Waals surface area contributed by atoms with E-state index >= 15 is 0 Å². The van der Waals surface area contributed by atoms with Crippen molar-refractivity contribution in [3.8, 4) is 0 Å². The molecule has 2 rings (SSSR count). The molecule has 0 atom stereocenters. The summed E-state index contributed by atoms with van der Waals surface area (Å²) in [5.74, 6) is 1.28. The molecule has 0 spiro atoms. The minimum atomic E-state index is 0.519. The van der Waals surface area contributed by atoms with Gasteiger partial charge in [0.05, 0.1) is 0 Å². The van der Waals surface area contributed by atoms with Gasteiger partial charge in [-0.3, -0.25) is 0 Å². The second-order valence-corrected chi connectivity index (χ2v) is 4.18. The summed E-state index contributed by atoms with van der Waals surface area (Å²) < 4.78 is 0. The van der Waals surface area contributed by atoms with Crippen LogP contribution in [0.15, 0.2) is 47.4 Å². The molecule has 2 aromatic rings. The summed E-state index contributed by atoms with van der Waals surface area (Å²) in [6, 6.07) is 13.7. The van der Waals surface area contributed by atoms with Gasteiger partial charge in [-0.05, 0) is 42.7 Å². The van der Waals surface area contributed by atoms with E-state index in [1.54, 1.807) is 17.8 Å². The number of thioether (sulfide) groups is 1. The first-order chi connectivity index (χ1) is 7.78. The fourth-order valence-electron chi connectivity index (χ4n) is 1.34. The second kappa shape index (κ2) is 4.90. The van der Waals surface area contributed by atoms with Gasteiger partial charge in [0.25, 0.3) is 0 Å². The smallest absolute Gasteiger partial charge is 0.132 e. The molecule has 0 aliphatic heterocycles. The van der Waals surface area contributed by atoms with Crippen LogP contribution >= 0.6 is 11.8 Å². The fraction of sp³-hybridized carbons (Fsp3) is 0.0833. The standard InChI is InChI=1S/C12H13N3S/c1-16-10-7-5-9(6-8-10)14-12-4-2-3-11(13)15-12/h2-8H,1H3,(H3,13,14,15). The summed E-state index contributed by atoms with van der Waals surface area (Å²) >= 11 is 1.72. The lowest BCUT2D eigenvalue weighted by Crippen LogP contribution is -1.96. The number of nitrogens with one attached hydrogen (secondary N) is 1. The molecule has 0 fully saturated rings. The van der Waals surface area contributed by atoms with Gasteiger partial charge in [0.2, 0.25) is 0 Å². The molecule has 1 aromatic heterocycles. The molecule has 1 aromatic carbocycles. The first kappa shape index (κ1) is 10.8. The van der Waals surface area contributed by atoms with Crippen molar-refractivity contribution in [1.29, 1.82) is 0 Å². The second-order valence-electron chi connectivity index (χ2n) is 3.30. The minimum Gasteiger partial charge on any atom is -0.384 e. The lowest BCUT2D eigenvalue weighted by molar-refractivity contribution is 1.31. The molecule has 0 aliphatic carbocycles. The number of benzene rings is 1. The van der Waals surface area contributed by atoms with Crippen molar-refractivity contribution in [2.24, 2.45) is 0 Å². The number of anilines is 3. The van der Waals surface area contributed by atoms with E-state index in [0.717, 1.165) is 11.5 Å². The molecule has 0 radical (unpaired) electrons. The van der Waals surface area contributed by atoms with Crippen LogP contribution in [0.25, 0.3) is 0 Å². The predicted molar refractivity (Wildman–Crippen MR) is 70.2 cm³/mol. The quantitative estimate of drug-likeness (QED) is 0.797. The Kier molecular flexibility index (Phi) is 3.31. The van der Waals surface area contributed by atoms with Crippen LogP contribution in [0.4, 0.5) is 17.3 Å². The first-order valence-electron chi connectivity index (χ1n) is 4.91. The highest BCUT2D eigenvalue weighted by Gasteiger charge is 1.96. The van der Waals surface area contributed by atoms with E-state index in [0.29, 0.717) is 5.82 Å². The Balaban J connectivity index is 2.14. The van der Waals surface area contributed by atoms with Crippen molar-refractivity contribution in [3.05, 3.63) is 42.5 Å². The highest BCUT2D eigenvalue weighted by atomic mass is 32.2. The molecule has 16 heavy (non-hydrogen) atoms. The van der Waals surface area contributed by atoms with E-state index in [-0.39, 0.29) is 0 Å². The zero-order valence-corrected chi connectivity index (χ0v) is 9.79. The van der Waals surface area contributed by atoms with Crippen LogP contribution in [-0.4, -0.2) is 11.2 Å². The third-order valence-electron chi connectivity index (χ3n) is 2.13. The Hall–Kier alpha value is -1.68. The summed E-state index contributed by atoms with van der Waals surface area (Å²) in [5, 5.41) is 3.20. The topological polar surface area (TPSA) is 50.9 Å². The van der Waals surface area contributed by atoms with Gasteiger partial charge in [-0.2, -0.15) is 0 Å². The van der Waals surface area contributed by atoms with E-state index in [4.69, 9.17) is 5.73 Å². The van der Waals surface area contributed by atoms with Gasteiger partial charge in [0.1, 0.15) is 11.6 Å². The molecule has 0 saturated carbocycles. The van der Waals surface area contributed by atoms with E-state index in [1.807, 2.05) is 24.3 Å². The van der Waals surface area contributed by atoms with Crippen LogP contribution in [-0.2, 0) is 0 Å². The van der Waals surface area contributed by atoms with Crippen molar-refractivity contribution in [3.63, 3.8) is 0 Å². The third kappa shape index (κ3) is 2.67. The molecule has 1 heterocycles. The summed E-state index contributed by atoms with van der Waals surface area (Å²) in [5.41, 5.74) is 6.61. The monoisotopic (exact) mass is 231 g/mol. The van der Waals surface area contributed by atoms with E-state index in [9.17, 15) is 0 Å². The van der Waals surface area contributed by atoms with Crippen molar-refractivity contribution >= 4 is 29.1 Å². The molecule has 0 bridgehead atoms. The van der Waals surface area contributed by atoms with Crippen LogP contribution in [0.2, 0.25) is 0 Å². The maximum atomic E-state index is 5.60. The zero-order chi connectivity index (χ0) is 11.4. The Morgan fingerprint density at radius 2 is 1.88 bits per heavy atom. The molecule has 0 unspecified atom stereocenters. The number of nitrogens with two attached hydrogens (primary N) is 1. The molecule has 0 aliphatic rings. The van der Waals surface area contributed by atoms with Crippen LogP contribution in [0.1, 0.15) is 0 Å². The van der Waals surface area contributed by atoms with E-state index in [1.165, 1.54) is 4.90 Å². The minimum absolute atomic E-state index is 0.519. The fourth-order valence-corrected chi connectivity index (χ4v) is 1.75. The van der Waals surface area contributed by atoms with E-state index < -0.39 is 0 Å². The zero-order valence-electron chi connectivity index (χ0n) is 8.97. The molecule has 3 N–H and O–H groups in total. The summed E-state index contributed by atoms with van der Waals surface area (Å²) in [7, 11) is 0. The van der Waals surface area contributed by atoms with Crippen LogP contribution in [0, 0.1) is 0 Å². The molecule has 82 valence electrons. The van der Waals surface area contributed by atoms with Gasteiger partial charge in [0.15, 0.2) is 0 Å². The number of aromatic nitrogens is 1. The maximum Gasteiger partial charge on any atom is 0.132 e. The van der Waals surface area contributed by atoms with Crippen molar-refractivity contribution in [2.75, 3.05) is 17.3 Å². The number of hydrogen-bond acceptors (Lipinski definition) is 4. The van der Waals surface area contributed by atoms with Crippen molar-refractivity contribution < 1.29 is 0 Å². The van der Waals surface area contributed by atoms with Crippen LogP contribution in [0.3, 0.4) is 0 Å². The van der Waals surface area contributed by atoms with Crippen molar-refractivity contribution in [2.45, 2.75) is 4.90 Å². The van der Waals surface area contributed by atoms with E-state index in [2.05, 4.69) is 28.7 Å². The highest BCUT2D eigenvalue weighted by molar-refractivity contribution is 7.98. The molecule has 0 saturated heterocycles. The summed E-state index contributed by atoms with van der Waals surface area (Å²) in [6.07, 6.45) is 2.06. The first-order valence-corrected chi connectivity index (χ1v) is 6.14. The number of pyridine rings is 1. The number of nitrogens with zero attached hydrogens (tertiary/aromatic N) is 1. The Morgan fingerprint density at radius 3 is 2.50 bits per heavy atom. The largest absolute Gasteiger partial charge is 0.384 e. The van der Waals surface area contributed by atoms with Crippen LogP contribution in [0.5, 0.6) is 0 Å². The Labute approximate surface area is 99.1 Å². The summed E-state index contributed by atoms with van der Waals surface area (Å²) in [4.78, 5) is 5.41. The predicted octanol–water partition coefficient (Wildman–Crippen LogP) is 3.13. The SMILES string of the molecule is CSc1ccc(Nc2cccc(N)n2)cc1. The van der Waals surface area contributed by atoms with Gasteiger partial charge in [-0.1, -0.05) is 6.07 Å². The third-order valence-corrected chi connectivity index (χ3v) is 2.88. The molecular formula is C12H13N3S. The summed E-state index contributed by atoms with van der Waals surface area (Å²) in [6.45, 7) is 0. The number of hydrogen-bond donors (Lipinski definition) is 2. The molecule has 4 heteroatoms. The number of nitrogen functional groups attached to an aromatic ring is 1. The van der Waals surface area contributed by atoms with Crippen molar-refractivity contribution in [1.82, 2.24) is 4.98 Å². The van der Waals surface area contributed by atoms with Gasteiger partial charge in [-0.15, -0.1) is 11.8 Å². The average Bonchev–Trinajstić information content (AvgIpc) is 2.30. The van der Waals surface area contributed by atoms with Crippen LogP contribution < -0.4 is 11.1 Å². The lowest BCUT2D eigenvalue weighted by Gasteiger charge is -2.06. The Bertz CT molecular complexity index is 468. The Morgan fingerprint density at radius 1 is 1.12 bits per heavy atom. The van der Waals surface area contributed by atoms with Gasteiger partial charge < -0.3 is 11.1 Å². The van der Waals surface area contributed by atoms with Gasteiger partial charge >= 0.3 is 0 Å². The lowest BCUT2D eigenvalue weighted by atomic mass is 10.3. The highest BCUT2D eigenvalue weighted by Crippen LogP contribution is 2.20. The molecular weight excluding hydrogens is 218 g/mol. The maximum absolute atomic E-state index is 5.60. The molecule has 0 amide bonds. The normalized spacial score (nSPS) is 10.1. The number of rotatable bonds is 3. The molecule has 3 nitrogen and oxygen atoms in total. The van der Waals surface area contributed by atoms with Gasteiger partial charge in [-0.25, -0.2) is 4.98 Å². The average molecular weight is 231 g/mol.